The minimum Gasteiger partial charge on any atom is -0.474 e. The molecule has 7 nitrogen and oxygen atoms in total. The Morgan fingerprint density at radius 2 is 1.88 bits per heavy atom. The van der Waals surface area contributed by atoms with Gasteiger partial charge in [0.05, 0.1) is 6.26 Å². The van der Waals surface area contributed by atoms with Gasteiger partial charge in [-0.1, -0.05) is 30.3 Å². The number of nitrogens with one attached hydrogen (secondary N) is 1. The van der Waals surface area contributed by atoms with Crippen molar-refractivity contribution in [2.75, 3.05) is 0 Å². The van der Waals surface area contributed by atoms with E-state index in [2.05, 4.69) is 10.3 Å². The summed E-state index contributed by atoms with van der Waals surface area (Å²) in [6.07, 6.45) is 8.23. The van der Waals surface area contributed by atoms with E-state index in [-0.39, 0.29) is 30.2 Å². The number of amides is 2. The fraction of sp³-hybridized carbons (Fsp3) is 0.346. The summed E-state index contributed by atoms with van der Waals surface area (Å²) in [5, 5.41) is 3.01. The van der Waals surface area contributed by atoms with Crippen molar-refractivity contribution < 1.29 is 18.7 Å². The summed E-state index contributed by atoms with van der Waals surface area (Å²) in [5.41, 5.74) is 2.95. The topological polar surface area (TPSA) is 84.7 Å². The first-order valence-corrected chi connectivity index (χ1v) is 11.5. The molecule has 170 valence electrons. The van der Waals surface area contributed by atoms with Crippen molar-refractivity contribution in [2.24, 2.45) is 0 Å². The van der Waals surface area contributed by atoms with Crippen molar-refractivity contribution in [2.45, 2.75) is 57.3 Å². The van der Waals surface area contributed by atoms with Crippen LogP contribution in [0.4, 0.5) is 0 Å². The molecule has 1 saturated carbocycles. The molecule has 2 aromatic heterocycles. The van der Waals surface area contributed by atoms with E-state index in [1.54, 1.807) is 23.2 Å². The van der Waals surface area contributed by atoms with Crippen LogP contribution in [-0.4, -0.2) is 33.8 Å². The lowest BCUT2D eigenvalue weighted by Crippen LogP contribution is -2.52. The van der Waals surface area contributed by atoms with E-state index in [0.29, 0.717) is 18.8 Å². The number of fused-ring (bicyclic) bond motifs is 1. The average molecular weight is 446 g/mol. The van der Waals surface area contributed by atoms with Crippen molar-refractivity contribution in [3.05, 3.63) is 83.4 Å². The summed E-state index contributed by atoms with van der Waals surface area (Å²) < 4.78 is 11.4. The average Bonchev–Trinajstić information content (AvgIpc) is 3.57. The second kappa shape index (κ2) is 9.48. The fourth-order valence-corrected chi connectivity index (χ4v) is 4.64. The molecule has 5 rings (SSSR count). The van der Waals surface area contributed by atoms with Crippen LogP contribution < -0.4 is 10.1 Å². The summed E-state index contributed by atoms with van der Waals surface area (Å²) in [5.74, 6) is 0.301. The Balaban J connectivity index is 1.33. The van der Waals surface area contributed by atoms with Gasteiger partial charge in [0.25, 0.3) is 5.91 Å². The maximum absolute atomic E-state index is 13.3. The van der Waals surface area contributed by atoms with E-state index < -0.39 is 6.04 Å². The second-order valence-corrected chi connectivity index (χ2v) is 8.61. The third-order valence-electron chi connectivity index (χ3n) is 6.43. The van der Waals surface area contributed by atoms with Crippen LogP contribution >= 0.6 is 0 Å². The molecule has 1 aliphatic carbocycles. The van der Waals surface area contributed by atoms with Gasteiger partial charge in [-0.25, -0.2) is 4.98 Å². The number of ether oxygens (including phenoxy) is 1. The van der Waals surface area contributed by atoms with Crippen molar-refractivity contribution in [1.82, 2.24) is 15.2 Å². The predicted molar refractivity (Wildman–Crippen MR) is 121 cm³/mol. The molecule has 1 aliphatic heterocycles. The number of nitrogens with zero attached hydrogens (tertiary/aromatic N) is 2. The zero-order chi connectivity index (χ0) is 22.6. The number of carbonyl (C=O) groups excluding carboxylic acids is 2. The lowest BCUT2D eigenvalue weighted by atomic mass is 9.93. The molecule has 0 bridgehead atoms. The number of benzene rings is 1. The molecule has 0 radical (unpaired) electrons. The Morgan fingerprint density at radius 3 is 2.67 bits per heavy atom. The SMILES string of the molecule is O=C(NCc1cccnc1OC1CCCC1)C1Cc2ccccc2CN1C(=O)c1ccco1. The monoisotopic (exact) mass is 445 g/mol. The zero-order valence-electron chi connectivity index (χ0n) is 18.4. The Hall–Kier alpha value is -3.61. The molecule has 3 aromatic rings. The van der Waals surface area contributed by atoms with Crippen LogP contribution in [0.5, 0.6) is 5.88 Å². The molecule has 2 amide bonds. The third-order valence-corrected chi connectivity index (χ3v) is 6.43. The van der Waals surface area contributed by atoms with E-state index in [4.69, 9.17) is 9.15 Å². The molecule has 2 aliphatic rings. The minimum absolute atomic E-state index is 0.186. The first-order valence-electron chi connectivity index (χ1n) is 11.5. The van der Waals surface area contributed by atoms with Gasteiger partial charge in [-0.3, -0.25) is 9.59 Å². The molecular weight excluding hydrogens is 418 g/mol. The number of hydrogen-bond acceptors (Lipinski definition) is 5. The highest BCUT2D eigenvalue weighted by atomic mass is 16.5. The highest BCUT2D eigenvalue weighted by Gasteiger charge is 2.36. The van der Waals surface area contributed by atoms with Crippen LogP contribution in [-0.2, 0) is 24.3 Å². The van der Waals surface area contributed by atoms with Gasteiger partial charge < -0.3 is 19.4 Å². The number of pyridine rings is 1. The van der Waals surface area contributed by atoms with Crippen molar-refractivity contribution in [3.8, 4) is 5.88 Å². The second-order valence-electron chi connectivity index (χ2n) is 8.61. The fourth-order valence-electron chi connectivity index (χ4n) is 4.64. The summed E-state index contributed by atoms with van der Waals surface area (Å²) >= 11 is 0. The van der Waals surface area contributed by atoms with E-state index in [9.17, 15) is 9.59 Å². The summed E-state index contributed by atoms with van der Waals surface area (Å²) in [6.45, 7) is 0.645. The van der Waals surface area contributed by atoms with Gasteiger partial charge in [-0.2, -0.15) is 0 Å². The lowest BCUT2D eigenvalue weighted by molar-refractivity contribution is -0.126. The minimum atomic E-state index is -0.631. The number of rotatable bonds is 6. The van der Waals surface area contributed by atoms with Gasteiger partial charge in [-0.15, -0.1) is 0 Å². The number of furan rings is 1. The largest absolute Gasteiger partial charge is 0.474 e. The summed E-state index contributed by atoms with van der Waals surface area (Å²) in [6, 6.07) is 14.3. The molecular formula is C26H27N3O4. The molecule has 1 unspecified atom stereocenters. The maximum Gasteiger partial charge on any atom is 0.290 e. The molecule has 33 heavy (non-hydrogen) atoms. The van der Waals surface area contributed by atoms with Gasteiger partial charge >= 0.3 is 0 Å². The Morgan fingerprint density at radius 1 is 1.06 bits per heavy atom. The van der Waals surface area contributed by atoms with Crippen LogP contribution in [0.15, 0.2) is 65.4 Å². The molecule has 0 spiro atoms. The lowest BCUT2D eigenvalue weighted by Gasteiger charge is -2.35. The number of hydrogen-bond donors (Lipinski definition) is 1. The summed E-state index contributed by atoms with van der Waals surface area (Å²) in [7, 11) is 0. The van der Waals surface area contributed by atoms with Gasteiger partial charge in [0.1, 0.15) is 12.1 Å². The van der Waals surface area contributed by atoms with Crippen LogP contribution in [0, 0.1) is 0 Å². The number of carbonyl (C=O) groups is 2. The zero-order valence-corrected chi connectivity index (χ0v) is 18.4. The molecule has 1 atom stereocenters. The standard InChI is InChI=1S/C26H27N3O4/c30-24(28-16-19-9-5-13-27-25(19)33-21-10-3-4-11-21)22-15-18-7-1-2-8-20(18)17-29(22)26(31)23-12-6-14-32-23/h1-2,5-9,12-14,21-22H,3-4,10-11,15-17H2,(H,28,30). The molecule has 1 fully saturated rings. The first-order chi connectivity index (χ1) is 16.2. The van der Waals surface area contributed by atoms with Crippen LogP contribution in [0.25, 0.3) is 0 Å². The van der Waals surface area contributed by atoms with Crippen LogP contribution in [0.1, 0.15) is 52.9 Å². The van der Waals surface area contributed by atoms with Crippen molar-refractivity contribution >= 4 is 11.8 Å². The number of aromatic nitrogens is 1. The summed E-state index contributed by atoms with van der Waals surface area (Å²) in [4.78, 5) is 32.4. The van der Waals surface area contributed by atoms with E-state index >= 15 is 0 Å². The smallest absolute Gasteiger partial charge is 0.290 e. The van der Waals surface area contributed by atoms with Gasteiger partial charge in [0, 0.05) is 31.3 Å². The predicted octanol–water partition coefficient (Wildman–Crippen LogP) is 3.88. The Labute approximate surface area is 192 Å². The molecule has 7 heteroatoms. The molecule has 0 saturated heterocycles. The highest BCUT2D eigenvalue weighted by molar-refractivity contribution is 5.96. The maximum atomic E-state index is 13.3. The highest BCUT2D eigenvalue weighted by Crippen LogP contribution is 2.27. The van der Waals surface area contributed by atoms with Crippen LogP contribution in [0.3, 0.4) is 0 Å². The molecule has 3 heterocycles. The van der Waals surface area contributed by atoms with E-state index in [1.165, 1.54) is 19.1 Å². The van der Waals surface area contributed by atoms with E-state index in [1.807, 2.05) is 36.4 Å². The van der Waals surface area contributed by atoms with Crippen LogP contribution in [0.2, 0.25) is 0 Å². The molecule has 1 aromatic carbocycles. The van der Waals surface area contributed by atoms with E-state index in [0.717, 1.165) is 29.5 Å². The third kappa shape index (κ3) is 4.62. The molecule has 1 N–H and O–H groups in total. The van der Waals surface area contributed by atoms with Gasteiger partial charge in [-0.05, 0) is 55.0 Å². The van der Waals surface area contributed by atoms with Gasteiger partial charge in [0.2, 0.25) is 11.8 Å². The first kappa shape index (κ1) is 21.2. The van der Waals surface area contributed by atoms with Crippen molar-refractivity contribution in [3.63, 3.8) is 0 Å². The normalized spacial score (nSPS) is 18.1. The quantitative estimate of drug-likeness (QED) is 0.623. The Kier molecular flexibility index (Phi) is 6.11. The van der Waals surface area contributed by atoms with Gasteiger partial charge in [0.15, 0.2) is 5.76 Å². The van der Waals surface area contributed by atoms with Crippen molar-refractivity contribution in [1.29, 1.82) is 0 Å². The Bertz CT molecular complexity index is 1120.